The van der Waals surface area contributed by atoms with Crippen LogP contribution in [-0.4, -0.2) is 42.4 Å². The van der Waals surface area contributed by atoms with E-state index >= 15 is 0 Å². The maximum Gasteiger partial charge on any atom is 0.184 e. The summed E-state index contributed by atoms with van der Waals surface area (Å²) in [6.45, 7) is 1.65. The molecule has 1 heterocycles. The van der Waals surface area contributed by atoms with Gasteiger partial charge in [0.1, 0.15) is 24.4 Å². The Balaban J connectivity index is 1.36. The van der Waals surface area contributed by atoms with Gasteiger partial charge < -0.3 is 28.8 Å². The van der Waals surface area contributed by atoms with Crippen LogP contribution in [0.25, 0.3) is 0 Å². The van der Waals surface area contributed by atoms with E-state index in [1.807, 2.05) is 121 Å². The van der Waals surface area contributed by atoms with E-state index in [4.69, 9.17) is 23.7 Å². The van der Waals surface area contributed by atoms with Crippen LogP contribution in [0.1, 0.15) is 22.3 Å². The van der Waals surface area contributed by atoms with E-state index in [-0.39, 0.29) is 6.61 Å². The molecule has 4 aromatic carbocycles. The zero-order valence-electron chi connectivity index (χ0n) is 22.5. The molecule has 1 saturated heterocycles. The smallest absolute Gasteiger partial charge is 0.184 e. The first kappa shape index (κ1) is 28.2. The predicted octanol–water partition coefficient (Wildman–Crippen LogP) is 5.68. The fourth-order valence-corrected chi connectivity index (χ4v) is 4.77. The number of hydrogen-bond acceptors (Lipinski definition) is 6. The maximum atomic E-state index is 11.2. The Hall–Kier alpha value is -3.36. The molecule has 0 bridgehead atoms. The quantitative estimate of drug-likeness (QED) is 0.236. The molecule has 0 spiro atoms. The van der Waals surface area contributed by atoms with Crippen LogP contribution in [0.5, 0.6) is 0 Å². The average Bonchev–Trinajstić information content (AvgIpc) is 3.01. The van der Waals surface area contributed by atoms with Gasteiger partial charge in [-0.05, 0) is 22.3 Å². The highest BCUT2D eigenvalue weighted by molar-refractivity contribution is 5.16. The Bertz CT molecular complexity index is 1240. The minimum atomic E-state index is -1.22. The van der Waals surface area contributed by atoms with Gasteiger partial charge in [-0.3, -0.25) is 0 Å². The van der Waals surface area contributed by atoms with Gasteiger partial charge in [0.05, 0.1) is 33.0 Å². The minimum absolute atomic E-state index is 0.224. The van der Waals surface area contributed by atoms with Crippen molar-refractivity contribution < 1.29 is 28.8 Å². The van der Waals surface area contributed by atoms with Crippen LogP contribution in [-0.2, 0) is 50.1 Å². The lowest BCUT2D eigenvalue weighted by atomic mass is 9.98. The molecule has 0 amide bonds. The number of benzene rings is 4. The highest BCUT2D eigenvalue weighted by atomic mass is 16.7. The lowest BCUT2D eigenvalue weighted by Gasteiger charge is -2.44. The van der Waals surface area contributed by atoms with Crippen molar-refractivity contribution in [3.63, 3.8) is 0 Å². The van der Waals surface area contributed by atoms with E-state index in [0.29, 0.717) is 26.4 Å². The van der Waals surface area contributed by atoms with Gasteiger partial charge in [-0.2, -0.15) is 0 Å². The Morgan fingerprint density at radius 3 is 1.30 bits per heavy atom. The van der Waals surface area contributed by atoms with Crippen molar-refractivity contribution in [3.05, 3.63) is 144 Å². The zero-order valence-corrected chi connectivity index (χ0v) is 22.5. The fourth-order valence-electron chi connectivity index (χ4n) is 4.77. The Morgan fingerprint density at radius 2 is 0.850 bits per heavy atom. The molecule has 0 radical (unpaired) electrons. The summed E-state index contributed by atoms with van der Waals surface area (Å²) in [6, 6.07) is 39.7. The van der Waals surface area contributed by atoms with Gasteiger partial charge >= 0.3 is 0 Å². The van der Waals surface area contributed by atoms with Crippen molar-refractivity contribution in [1.82, 2.24) is 0 Å². The van der Waals surface area contributed by atoms with E-state index < -0.39 is 30.7 Å². The standard InChI is InChI=1S/C34H36O6/c35-34-33(39-24-29-19-11-4-12-20-29)32(38-23-28-17-9-3-10-18-28)31(37-22-27-15-7-2-8-16-27)30(40-34)25-36-21-26-13-5-1-6-14-26/h1-20,30-35H,21-25H2/t30-,31-,32+,33?,34?/m1/s1. The third kappa shape index (κ3) is 8.08. The Morgan fingerprint density at radius 1 is 0.475 bits per heavy atom. The monoisotopic (exact) mass is 540 g/mol. The molecule has 0 saturated carbocycles. The molecule has 5 atom stereocenters. The highest BCUT2D eigenvalue weighted by Gasteiger charge is 2.48. The summed E-state index contributed by atoms with van der Waals surface area (Å²) >= 11 is 0. The molecule has 1 aliphatic rings. The van der Waals surface area contributed by atoms with E-state index in [1.165, 1.54) is 0 Å². The summed E-state index contributed by atoms with van der Waals surface area (Å²) in [6.07, 6.45) is -3.72. The van der Waals surface area contributed by atoms with Crippen LogP contribution in [0.4, 0.5) is 0 Å². The summed E-state index contributed by atoms with van der Waals surface area (Å²) in [4.78, 5) is 0. The fraction of sp³-hybridized carbons (Fsp3) is 0.294. The maximum absolute atomic E-state index is 11.2. The van der Waals surface area contributed by atoms with Crippen LogP contribution < -0.4 is 0 Å². The second-order valence-corrected chi connectivity index (χ2v) is 9.85. The molecule has 40 heavy (non-hydrogen) atoms. The van der Waals surface area contributed by atoms with Gasteiger partial charge in [0.25, 0.3) is 0 Å². The van der Waals surface area contributed by atoms with Gasteiger partial charge in [-0.15, -0.1) is 0 Å². The number of aliphatic hydroxyl groups is 1. The first-order valence-electron chi connectivity index (χ1n) is 13.7. The Kier molecular flexibility index (Phi) is 10.5. The molecular formula is C34H36O6. The molecule has 5 rings (SSSR count). The molecular weight excluding hydrogens is 504 g/mol. The normalized spacial score (nSPS) is 22.7. The van der Waals surface area contributed by atoms with Gasteiger partial charge in [0.2, 0.25) is 0 Å². The third-order valence-corrected chi connectivity index (χ3v) is 6.86. The van der Waals surface area contributed by atoms with E-state index in [2.05, 4.69) is 0 Å². The van der Waals surface area contributed by atoms with Crippen molar-refractivity contribution in [3.8, 4) is 0 Å². The van der Waals surface area contributed by atoms with Crippen molar-refractivity contribution in [2.45, 2.75) is 57.1 Å². The van der Waals surface area contributed by atoms with Gasteiger partial charge in [0, 0.05) is 0 Å². The molecule has 4 aromatic rings. The summed E-state index contributed by atoms with van der Waals surface area (Å²) < 4.78 is 31.4. The van der Waals surface area contributed by atoms with Gasteiger partial charge in [-0.1, -0.05) is 121 Å². The largest absolute Gasteiger partial charge is 0.374 e. The number of aliphatic hydroxyl groups excluding tert-OH is 1. The van der Waals surface area contributed by atoms with E-state index in [1.54, 1.807) is 0 Å². The summed E-state index contributed by atoms with van der Waals surface area (Å²) in [5.41, 5.74) is 4.10. The predicted molar refractivity (Wildman–Crippen MR) is 152 cm³/mol. The SMILES string of the molecule is OC1O[C@H](COCc2ccccc2)[C@@H](OCc2ccccc2)[C@H](OCc2ccccc2)C1OCc1ccccc1. The van der Waals surface area contributed by atoms with Gasteiger partial charge in [0.15, 0.2) is 6.29 Å². The van der Waals surface area contributed by atoms with E-state index in [9.17, 15) is 5.11 Å². The Labute approximate surface area is 236 Å². The summed E-state index contributed by atoms with van der Waals surface area (Å²) in [7, 11) is 0. The second-order valence-electron chi connectivity index (χ2n) is 9.85. The molecule has 0 aromatic heterocycles. The lowest BCUT2D eigenvalue weighted by Crippen LogP contribution is -2.61. The second kappa shape index (κ2) is 14.9. The van der Waals surface area contributed by atoms with Crippen molar-refractivity contribution in [1.29, 1.82) is 0 Å². The van der Waals surface area contributed by atoms with E-state index in [0.717, 1.165) is 22.3 Å². The van der Waals surface area contributed by atoms with Crippen LogP contribution in [0.2, 0.25) is 0 Å². The topological polar surface area (TPSA) is 66.4 Å². The average molecular weight is 541 g/mol. The lowest BCUT2D eigenvalue weighted by molar-refractivity contribution is -0.317. The van der Waals surface area contributed by atoms with Crippen LogP contribution in [0, 0.1) is 0 Å². The first-order valence-corrected chi connectivity index (χ1v) is 13.7. The third-order valence-electron chi connectivity index (χ3n) is 6.86. The molecule has 1 aliphatic heterocycles. The minimum Gasteiger partial charge on any atom is -0.374 e. The summed E-state index contributed by atoms with van der Waals surface area (Å²) in [5, 5.41) is 11.2. The molecule has 1 fully saturated rings. The van der Waals surface area contributed by atoms with Crippen LogP contribution in [0.15, 0.2) is 121 Å². The number of rotatable bonds is 13. The highest BCUT2D eigenvalue weighted by Crippen LogP contribution is 2.30. The van der Waals surface area contributed by atoms with Crippen LogP contribution >= 0.6 is 0 Å². The molecule has 0 aliphatic carbocycles. The molecule has 1 N–H and O–H groups in total. The summed E-state index contributed by atoms with van der Waals surface area (Å²) in [5.74, 6) is 0. The molecule has 2 unspecified atom stereocenters. The van der Waals surface area contributed by atoms with Gasteiger partial charge in [-0.25, -0.2) is 0 Å². The molecule has 6 nitrogen and oxygen atoms in total. The number of hydrogen-bond donors (Lipinski definition) is 1. The van der Waals surface area contributed by atoms with Crippen molar-refractivity contribution >= 4 is 0 Å². The molecule has 6 heteroatoms. The zero-order chi connectivity index (χ0) is 27.4. The number of ether oxygens (including phenoxy) is 5. The van der Waals surface area contributed by atoms with Crippen molar-refractivity contribution in [2.75, 3.05) is 6.61 Å². The van der Waals surface area contributed by atoms with Crippen LogP contribution in [0.3, 0.4) is 0 Å². The molecule has 208 valence electrons. The van der Waals surface area contributed by atoms with Crippen molar-refractivity contribution in [2.24, 2.45) is 0 Å². The first-order chi connectivity index (χ1) is 19.8.